The zero-order chi connectivity index (χ0) is 18.1. The summed E-state index contributed by atoms with van der Waals surface area (Å²) in [6.07, 6.45) is 0.543. The maximum Gasteiger partial charge on any atom is 0.250 e. The maximum absolute atomic E-state index is 12.2. The fourth-order valence-electron chi connectivity index (χ4n) is 2.64. The third kappa shape index (κ3) is 3.30. The highest BCUT2D eigenvalue weighted by molar-refractivity contribution is 7.91. The number of nitrogens with zero attached hydrogens (tertiary/aromatic N) is 3. The summed E-state index contributed by atoms with van der Waals surface area (Å²) in [7, 11) is -3.44. The molecule has 0 saturated heterocycles. The molecule has 0 aliphatic heterocycles. The molecule has 1 N–H and O–H groups in total. The second kappa shape index (κ2) is 6.92. The van der Waals surface area contributed by atoms with Gasteiger partial charge in [0.15, 0.2) is 5.82 Å². The van der Waals surface area contributed by atoms with Crippen molar-refractivity contribution in [1.29, 1.82) is 0 Å². The van der Waals surface area contributed by atoms with Crippen LogP contribution < -0.4 is 4.72 Å². The molecule has 0 unspecified atom stereocenters. The fourth-order valence-corrected chi connectivity index (χ4v) is 5.56. The van der Waals surface area contributed by atoms with Gasteiger partial charge in [0.1, 0.15) is 4.21 Å². The van der Waals surface area contributed by atoms with Gasteiger partial charge < -0.3 is 0 Å². The molecule has 4 rings (SSSR count). The van der Waals surface area contributed by atoms with Crippen molar-refractivity contribution < 1.29 is 8.42 Å². The molecule has 4 aromatic rings. The Bertz CT molecular complexity index is 1140. The first-order valence-electron chi connectivity index (χ1n) is 7.97. The lowest BCUT2D eigenvalue weighted by Crippen LogP contribution is -2.25. The Morgan fingerprint density at radius 1 is 1.15 bits per heavy atom. The predicted octanol–water partition coefficient (Wildman–Crippen LogP) is 3.35. The number of fused-ring (bicyclic) bond motifs is 1. The predicted molar refractivity (Wildman–Crippen MR) is 104 cm³/mol. The van der Waals surface area contributed by atoms with Crippen molar-refractivity contribution in [3.63, 3.8) is 0 Å². The normalized spacial score (nSPS) is 12.0. The van der Waals surface area contributed by atoms with Crippen LogP contribution in [0.3, 0.4) is 0 Å². The van der Waals surface area contributed by atoms with E-state index in [9.17, 15) is 8.42 Å². The van der Waals surface area contributed by atoms with Gasteiger partial charge in [-0.1, -0.05) is 30.3 Å². The van der Waals surface area contributed by atoms with E-state index in [1.165, 1.54) is 22.7 Å². The van der Waals surface area contributed by atoms with E-state index in [2.05, 4.69) is 14.8 Å². The Hall–Kier alpha value is -2.07. The standard InChI is InChI=1S/C17H16N4O2S3/c1-12-5-2-3-6-14(12)16-19-17-21(20-16)13(11-25-17)8-9-18-26(22,23)15-7-4-10-24-15/h2-7,10-11,18H,8-9H2,1H3. The summed E-state index contributed by atoms with van der Waals surface area (Å²) in [5.41, 5.74) is 3.06. The van der Waals surface area contributed by atoms with Gasteiger partial charge in [0, 0.05) is 23.9 Å². The topological polar surface area (TPSA) is 76.4 Å². The zero-order valence-corrected chi connectivity index (χ0v) is 16.4. The molecule has 0 bridgehead atoms. The average molecular weight is 405 g/mol. The van der Waals surface area contributed by atoms with Crippen molar-refractivity contribution in [2.24, 2.45) is 0 Å². The lowest BCUT2D eigenvalue weighted by Gasteiger charge is -2.04. The van der Waals surface area contributed by atoms with Crippen LogP contribution in [0.5, 0.6) is 0 Å². The van der Waals surface area contributed by atoms with Gasteiger partial charge in [0.05, 0.1) is 5.69 Å². The van der Waals surface area contributed by atoms with Gasteiger partial charge >= 0.3 is 0 Å². The van der Waals surface area contributed by atoms with E-state index < -0.39 is 10.0 Å². The Morgan fingerprint density at radius 3 is 2.77 bits per heavy atom. The van der Waals surface area contributed by atoms with Crippen LogP contribution in [0.1, 0.15) is 11.3 Å². The lowest BCUT2D eigenvalue weighted by molar-refractivity contribution is 0.583. The SMILES string of the molecule is Cc1ccccc1-c1nc2scc(CCNS(=O)(=O)c3cccs3)n2n1. The van der Waals surface area contributed by atoms with Gasteiger partial charge in [-0.2, -0.15) is 4.98 Å². The molecule has 0 aliphatic rings. The van der Waals surface area contributed by atoms with E-state index in [1.807, 2.05) is 36.6 Å². The number of aryl methyl sites for hydroxylation is 1. The van der Waals surface area contributed by atoms with E-state index in [1.54, 1.807) is 22.0 Å². The highest BCUT2D eigenvalue weighted by Crippen LogP contribution is 2.23. The van der Waals surface area contributed by atoms with Gasteiger partial charge in [-0.3, -0.25) is 0 Å². The molecular formula is C17H16N4O2S3. The molecule has 26 heavy (non-hydrogen) atoms. The van der Waals surface area contributed by atoms with Crippen molar-refractivity contribution in [3.8, 4) is 11.4 Å². The third-order valence-electron chi connectivity index (χ3n) is 3.97. The largest absolute Gasteiger partial charge is 0.250 e. The van der Waals surface area contributed by atoms with Gasteiger partial charge in [0.25, 0.3) is 0 Å². The van der Waals surface area contributed by atoms with Gasteiger partial charge in [0.2, 0.25) is 15.0 Å². The van der Waals surface area contributed by atoms with Crippen LogP contribution in [0.25, 0.3) is 16.3 Å². The number of thiazole rings is 1. The summed E-state index contributed by atoms with van der Waals surface area (Å²) in [6.45, 7) is 2.34. The summed E-state index contributed by atoms with van der Waals surface area (Å²) in [4.78, 5) is 5.40. The molecule has 0 atom stereocenters. The highest BCUT2D eigenvalue weighted by Gasteiger charge is 2.16. The minimum Gasteiger partial charge on any atom is -0.210 e. The van der Waals surface area contributed by atoms with E-state index in [-0.39, 0.29) is 0 Å². The second-order valence-electron chi connectivity index (χ2n) is 5.75. The van der Waals surface area contributed by atoms with Gasteiger partial charge in [-0.05, 0) is 23.9 Å². The Morgan fingerprint density at radius 2 is 2.00 bits per heavy atom. The number of sulfonamides is 1. The van der Waals surface area contributed by atoms with Crippen LogP contribution in [0.15, 0.2) is 51.4 Å². The zero-order valence-electron chi connectivity index (χ0n) is 13.9. The van der Waals surface area contributed by atoms with Crippen molar-refractivity contribution in [1.82, 2.24) is 19.3 Å². The van der Waals surface area contributed by atoms with Crippen LogP contribution in [0.2, 0.25) is 0 Å². The minimum absolute atomic E-state index is 0.311. The molecule has 3 aromatic heterocycles. The maximum atomic E-state index is 12.2. The quantitative estimate of drug-likeness (QED) is 0.535. The van der Waals surface area contributed by atoms with Crippen LogP contribution >= 0.6 is 22.7 Å². The highest BCUT2D eigenvalue weighted by atomic mass is 32.2. The van der Waals surface area contributed by atoms with Gasteiger partial charge in [-0.25, -0.2) is 17.7 Å². The molecule has 9 heteroatoms. The molecular weight excluding hydrogens is 388 g/mol. The molecule has 0 amide bonds. The number of aromatic nitrogens is 3. The van der Waals surface area contributed by atoms with Crippen LogP contribution in [-0.4, -0.2) is 29.6 Å². The monoisotopic (exact) mass is 404 g/mol. The second-order valence-corrected chi connectivity index (χ2v) is 9.53. The first-order valence-corrected chi connectivity index (χ1v) is 11.2. The van der Waals surface area contributed by atoms with E-state index in [0.29, 0.717) is 23.0 Å². The fraction of sp³-hybridized carbons (Fsp3) is 0.176. The number of rotatable bonds is 6. The van der Waals surface area contributed by atoms with Crippen molar-refractivity contribution >= 4 is 37.7 Å². The van der Waals surface area contributed by atoms with E-state index in [0.717, 1.165) is 21.8 Å². The smallest absolute Gasteiger partial charge is 0.210 e. The summed E-state index contributed by atoms with van der Waals surface area (Å²) in [5, 5.41) is 8.33. The molecule has 1 aromatic carbocycles. The first-order chi connectivity index (χ1) is 12.5. The van der Waals surface area contributed by atoms with Crippen LogP contribution in [0, 0.1) is 6.92 Å². The van der Waals surface area contributed by atoms with Crippen LogP contribution in [0.4, 0.5) is 0 Å². The Kier molecular flexibility index (Phi) is 4.62. The number of hydrogen-bond acceptors (Lipinski definition) is 6. The summed E-state index contributed by atoms with van der Waals surface area (Å²) in [6, 6.07) is 11.3. The van der Waals surface area contributed by atoms with E-state index in [4.69, 9.17) is 0 Å². The summed E-state index contributed by atoms with van der Waals surface area (Å²) >= 11 is 2.71. The van der Waals surface area contributed by atoms with Crippen molar-refractivity contribution in [2.45, 2.75) is 17.6 Å². The Labute approximate surface area is 159 Å². The molecule has 0 fully saturated rings. The minimum atomic E-state index is -3.44. The molecule has 0 radical (unpaired) electrons. The number of thiophene rings is 1. The van der Waals surface area contributed by atoms with Gasteiger partial charge in [-0.15, -0.1) is 27.8 Å². The molecule has 134 valence electrons. The van der Waals surface area contributed by atoms with Crippen molar-refractivity contribution in [2.75, 3.05) is 6.54 Å². The lowest BCUT2D eigenvalue weighted by atomic mass is 10.1. The van der Waals surface area contributed by atoms with Crippen LogP contribution in [-0.2, 0) is 16.4 Å². The van der Waals surface area contributed by atoms with Crippen molar-refractivity contribution in [3.05, 3.63) is 58.4 Å². The molecule has 6 nitrogen and oxygen atoms in total. The molecule has 0 saturated carbocycles. The molecule has 0 spiro atoms. The summed E-state index contributed by atoms with van der Waals surface area (Å²) in [5.74, 6) is 0.690. The molecule has 3 heterocycles. The molecule has 0 aliphatic carbocycles. The first kappa shape index (κ1) is 17.3. The van der Waals surface area contributed by atoms with E-state index >= 15 is 0 Å². The Balaban J connectivity index is 1.52. The number of benzene rings is 1. The number of hydrogen-bond donors (Lipinski definition) is 1. The summed E-state index contributed by atoms with van der Waals surface area (Å²) < 4.78 is 29.1. The average Bonchev–Trinajstić information content (AvgIpc) is 3.33. The number of nitrogens with one attached hydrogen (secondary N) is 1. The third-order valence-corrected chi connectivity index (χ3v) is 7.69.